The molecule has 0 aromatic rings. The zero-order valence-corrected chi connectivity index (χ0v) is 0. The zero-order valence-electron chi connectivity index (χ0n) is 0. The third-order valence-electron chi connectivity index (χ3n) is 0. The van der Waals surface area contributed by atoms with E-state index in [0.717, 1.165) is 0 Å². The standard InChI is InChI=1S/2CH4.Be.Li.3H/h2*1H4;;;;;. The van der Waals surface area contributed by atoms with Gasteiger partial charge in [0.1, 0.15) is 0 Å². The molecule has 0 aliphatic rings. The molecule has 0 aromatic heterocycles. The molecule has 0 bridgehead atoms. The Bertz CT molecular complexity index is 6.00. The van der Waals surface area contributed by atoms with Crippen LogP contribution in [0.3, 0.4) is 0 Å². The van der Waals surface area contributed by atoms with Gasteiger partial charge in [-0.05, 0) is 0 Å². The molecule has 0 N–H and O–H groups in total. The van der Waals surface area contributed by atoms with Crippen molar-refractivity contribution in [1.29, 1.82) is 0 Å². The maximum absolute atomic E-state index is 0. The Morgan fingerprint density at radius 3 is 0.750 bits per heavy atom. The van der Waals surface area contributed by atoms with Gasteiger partial charge in [0.25, 0.3) is 0 Å². The first-order valence-electron chi connectivity index (χ1n) is 0. The Hall–Kier alpha value is 0.766. The van der Waals surface area contributed by atoms with Gasteiger partial charge in [0.2, 0.25) is 0 Å². The second-order valence-electron chi connectivity index (χ2n) is 0. The van der Waals surface area contributed by atoms with Crippen LogP contribution in [-0.4, -0.2) is 29.0 Å². The first-order chi connectivity index (χ1) is 0. The second kappa shape index (κ2) is 49.1. The van der Waals surface area contributed by atoms with Gasteiger partial charge in [0.15, 0.2) is 0 Å². The van der Waals surface area contributed by atoms with Crippen molar-refractivity contribution in [2.24, 2.45) is 0 Å². The number of hydrogen-bond donors (Lipinski definition) is 0. The van der Waals surface area contributed by atoms with Gasteiger partial charge >= 0.3 is 29.0 Å². The first-order valence-corrected chi connectivity index (χ1v) is 0. The molecular formula is C2H11BeLi. The summed E-state index contributed by atoms with van der Waals surface area (Å²) in [5, 5.41) is 0. The summed E-state index contributed by atoms with van der Waals surface area (Å²) in [6, 6.07) is 0. The van der Waals surface area contributed by atoms with E-state index in [9.17, 15) is 0 Å². The Morgan fingerprint density at radius 1 is 0.750 bits per heavy atom. The fourth-order valence-electron chi connectivity index (χ4n) is 0. The average Bonchev–Trinajstić information content (AvgIpc) is 0. The van der Waals surface area contributed by atoms with Crippen LogP contribution in [-0.2, 0) is 0 Å². The van der Waals surface area contributed by atoms with Gasteiger partial charge in [0, 0.05) is 0 Å². The van der Waals surface area contributed by atoms with Gasteiger partial charge < -0.3 is 0 Å². The van der Waals surface area contributed by atoms with Crippen molar-refractivity contribution in [2.45, 2.75) is 14.9 Å². The molecule has 0 spiro atoms. The van der Waals surface area contributed by atoms with E-state index in [1.165, 1.54) is 0 Å². The van der Waals surface area contributed by atoms with E-state index in [2.05, 4.69) is 0 Å². The average molecular weight is 51.1 g/mol. The Kier molecular flexibility index (Phi) is 1410. The molecule has 4 heavy (non-hydrogen) atoms. The monoisotopic (exact) mass is 51.1 g/mol. The predicted octanol–water partition coefficient (Wildman–Crippen LogP) is -0.293. The van der Waals surface area contributed by atoms with Crippen LogP contribution in [0.25, 0.3) is 0 Å². The fraction of sp³-hybridized carbons (Fsp3) is 1.00. The Labute approximate surface area is 44.4 Å². The molecule has 0 rings (SSSR count). The molecule has 0 aromatic carbocycles. The zero-order chi connectivity index (χ0) is 0. The second-order valence-corrected chi connectivity index (χ2v) is 0. The molecule has 2 heteroatoms. The summed E-state index contributed by atoms with van der Waals surface area (Å²) in [5.41, 5.74) is 0. The predicted molar refractivity (Wildman–Crippen MR) is 29.2 cm³/mol. The Morgan fingerprint density at radius 2 is 0.750 bits per heavy atom. The van der Waals surface area contributed by atoms with Crippen molar-refractivity contribution in [2.75, 3.05) is 0 Å². The normalized spacial score (nSPS) is 0. The van der Waals surface area contributed by atoms with Gasteiger partial charge in [-0.1, -0.05) is 14.9 Å². The van der Waals surface area contributed by atoms with E-state index in [-0.39, 0.29) is 43.8 Å². The van der Waals surface area contributed by atoms with Gasteiger partial charge in [0.05, 0.1) is 0 Å². The van der Waals surface area contributed by atoms with E-state index in [1.54, 1.807) is 0 Å². The molecule has 0 unspecified atom stereocenters. The van der Waals surface area contributed by atoms with E-state index < -0.39 is 0 Å². The SMILES string of the molecule is C.C.[BeH2].[LiH]. The number of hydrogen-bond acceptors (Lipinski definition) is 0. The van der Waals surface area contributed by atoms with E-state index >= 15 is 0 Å². The van der Waals surface area contributed by atoms with Crippen LogP contribution in [0, 0.1) is 0 Å². The van der Waals surface area contributed by atoms with Crippen molar-refractivity contribution in [3.8, 4) is 0 Å². The van der Waals surface area contributed by atoms with Crippen LogP contribution in [0.15, 0.2) is 0 Å². The van der Waals surface area contributed by atoms with E-state index in [1.807, 2.05) is 0 Å². The van der Waals surface area contributed by atoms with Crippen molar-refractivity contribution in [3.05, 3.63) is 0 Å². The van der Waals surface area contributed by atoms with Crippen LogP contribution in [0.2, 0.25) is 0 Å². The van der Waals surface area contributed by atoms with Gasteiger partial charge in [-0.2, -0.15) is 0 Å². The molecule has 0 nitrogen and oxygen atoms in total. The number of rotatable bonds is 0. The van der Waals surface area contributed by atoms with Crippen molar-refractivity contribution < 1.29 is 0 Å². The summed E-state index contributed by atoms with van der Waals surface area (Å²) in [6.07, 6.45) is 0. The summed E-state index contributed by atoms with van der Waals surface area (Å²) >= 11 is 0. The molecule has 0 amide bonds. The topological polar surface area (TPSA) is 0 Å². The maximum atomic E-state index is 0. The van der Waals surface area contributed by atoms with Crippen LogP contribution in [0.5, 0.6) is 0 Å². The molecular weight excluding hydrogens is 40.0 g/mol. The molecule has 0 heterocycles. The quantitative estimate of drug-likeness (QED) is 0.331. The van der Waals surface area contributed by atoms with E-state index in [0.29, 0.717) is 0 Å². The fourth-order valence-corrected chi connectivity index (χ4v) is 0. The summed E-state index contributed by atoms with van der Waals surface area (Å²) in [7, 11) is 0. The molecule has 22 valence electrons. The van der Waals surface area contributed by atoms with Crippen molar-refractivity contribution in [1.82, 2.24) is 0 Å². The van der Waals surface area contributed by atoms with Crippen LogP contribution in [0.4, 0.5) is 0 Å². The molecule has 0 saturated heterocycles. The summed E-state index contributed by atoms with van der Waals surface area (Å²) in [5.74, 6) is 0. The third-order valence-corrected chi connectivity index (χ3v) is 0. The molecule has 0 aliphatic carbocycles. The summed E-state index contributed by atoms with van der Waals surface area (Å²) in [6.45, 7) is 0. The molecule has 0 atom stereocenters. The Balaban J connectivity index is 0. The minimum absolute atomic E-state index is 0. The van der Waals surface area contributed by atoms with Crippen molar-refractivity contribution in [3.63, 3.8) is 0 Å². The molecule has 0 saturated carbocycles. The van der Waals surface area contributed by atoms with Crippen LogP contribution < -0.4 is 0 Å². The first kappa shape index (κ1) is 115. The van der Waals surface area contributed by atoms with Crippen molar-refractivity contribution >= 4 is 29.0 Å². The third kappa shape index (κ3) is 14.7. The molecule has 0 aliphatic heterocycles. The van der Waals surface area contributed by atoms with Gasteiger partial charge in [-0.3, -0.25) is 0 Å². The van der Waals surface area contributed by atoms with E-state index in [4.69, 9.17) is 0 Å². The summed E-state index contributed by atoms with van der Waals surface area (Å²) in [4.78, 5) is 0. The molecule has 0 radical (unpaired) electrons. The minimum atomic E-state index is 0. The van der Waals surface area contributed by atoms with Crippen LogP contribution in [0.1, 0.15) is 14.9 Å². The van der Waals surface area contributed by atoms with Gasteiger partial charge in [-0.25, -0.2) is 0 Å². The summed E-state index contributed by atoms with van der Waals surface area (Å²) < 4.78 is 0. The van der Waals surface area contributed by atoms with Gasteiger partial charge in [-0.15, -0.1) is 0 Å². The van der Waals surface area contributed by atoms with Crippen LogP contribution >= 0.6 is 0 Å². The molecule has 0 fully saturated rings.